The third-order valence-electron chi connectivity index (χ3n) is 1.89. The predicted molar refractivity (Wildman–Crippen MR) is 62.2 cm³/mol. The van der Waals surface area contributed by atoms with E-state index in [4.69, 9.17) is 16.3 Å². The molecule has 1 aromatic rings. The molecule has 0 bridgehead atoms. The fourth-order valence-corrected chi connectivity index (χ4v) is 1.73. The van der Waals surface area contributed by atoms with Crippen LogP contribution in [0.5, 0.6) is 0 Å². The number of carbonyl (C=O) groups excluding carboxylic acids is 1. The number of nitrogens with zero attached hydrogens (tertiary/aromatic N) is 1. The molecule has 0 amide bonds. The number of hydrogen-bond donors (Lipinski definition) is 0. The Bertz CT molecular complexity index is 429. The molecule has 0 fully saturated rings. The highest BCUT2D eigenvalue weighted by molar-refractivity contribution is 9.10. The monoisotopic (exact) mass is 327 g/mol. The minimum Gasteiger partial charge on any atom is -0.466 e. The predicted octanol–water partition coefficient (Wildman–Crippen LogP) is 3.54. The van der Waals surface area contributed by atoms with Crippen LogP contribution in [0.4, 0.5) is 8.78 Å². The minimum atomic E-state index is -2.79. The van der Waals surface area contributed by atoms with Gasteiger partial charge in [0.1, 0.15) is 10.8 Å². The molecule has 94 valence electrons. The molecule has 1 aromatic heterocycles. The first-order valence-corrected chi connectivity index (χ1v) is 5.91. The summed E-state index contributed by atoms with van der Waals surface area (Å²) in [7, 11) is 0. The number of rotatable bonds is 4. The van der Waals surface area contributed by atoms with Crippen LogP contribution >= 0.6 is 27.5 Å². The second-order valence-corrected chi connectivity index (χ2v) is 4.30. The largest absolute Gasteiger partial charge is 0.466 e. The van der Waals surface area contributed by atoms with Crippen LogP contribution in [0.1, 0.15) is 24.6 Å². The number of halogens is 4. The highest BCUT2D eigenvalue weighted by atomic mass is 79.9. The van der Waals surface area contributed by atoms with Gasteiger partial charge in [-0.05, 0) is 34.5 Å². The molecule has 0 aliphatic rings. The van der Waals surface area contributed by atoms with Gasteiger partial charge >= 0.3 is 5.97 Å². The van der Waals surface area contributed by atoms with Crippen LogP contribution in [0.2, 0.25) is 5.15 Å². The standard InChI is InChI=1S/C10H9BrClF2NO2/c1-2-17-7(16)4-5-3-6(11)9(12)15-8(5)10(13)14/h3,10H,2,4H2,1H3. The van der Waals surface area contributed by atoms with Gasteiger partial charge in [0.15, 0.2) is 0 Å². The molecule has 0 unspecified atom stereocenters. The third kappa shape index (κ3) is 3.89. The first-order valence-electron chi connectivity index (χ1n) is 4.74. The van der Waals surface area contributed by atoms with Crippen molar-refractivity contribution in [3.63, 3.8) is 0 Å². The number of carbonyl (C=O) groups is 1. The zero-order chi connectivity index (χ0) is 13.0. The van der Waals surface area contributed by atoms with Gasteiger partial charge in [0, 0.05) is 0 Å². The Morgan fingerprint density at radius 2 is 2.29 bits per heavy atom. The van der Waals surface area contributed by atoms with Gasteiger partial charge in [0.05, 0.1) is 17.5 Å². The first kappa shape index (κ1) is 14.3. The Labute approximate surface area is 110 Å². The summed E-state index contributed by atoms with van der Waals surface area (Å²) in [5.74, 6) is -0.578. The molecule has 1 rings (SSSR count). The van der Waals surface area contributed by atoms with Gasteiger partial charge < -0.3 is 4.74 Å². The van der Waals surface area contributed by atoms with Crippen LogP contribution in [-0.4, -0.2) is 17.6 Å². The van der Waals surface area contributed by atoms with Crippen molar-refractivity contribution in [3.8, 4) is 0 Å². The quantitative estimate of drug-likeness (QED) is 0.627. The van der Waals surface area contributed by atoms with Crippen molar-refractivity contribution in [2.24, 2.45) is 0 Å². The van der Waals surface area contributed by atoms with Gasteiger partial charge in [0.25, 0.3) is 6.43 Å². The van der Waals surface area contributed by atoms with Crippen molar-refractivity contribution >= 4 is 33.5 Å². The molecule has 0 atom stereocenters. The minimum absolute atomic E-state index is 0.0621. The molecular weight excluding hydrogens is 319 g/mol. The Hall–Kier alpha value is -0.750. The lowest BCUT2D eigenvalue weighted by atomic mass is 10.1. The molecule has 1 heterocycles. The summed E-state index contributed by atoms with van der Waals surface area (Å²) in [4.78, 5) is 14.8. The zero-order valence-electron chi connectivity index (χ0n) is 8.84. The average molecular weight is 329 g/mol. The molecule has 3 nitrogen and oxygen atoms in total. The third-order valence-corrected chi connectivity index (χ3v) is 3.01. The van der Waals surface area contributed by atoms with E-state index in [-0.39, 0.29) is 23.7 Å². The Morgan fingerprint density at radius 1 is 1.65 bits per heavy atom. The van der Waals surface area contributed by atoms with Crippen LogP contribution in [0.25, 0.3) is 0 Å². The van der Waals surface area contributed by atoms with Gasteiger partial charge in [-0.25, -0.2) is 13.8 Å². The fourth-order valence-electron chi connectivity index (χ4n) is 1.22. The van der Waals surface area contributed by atoms with Gasteiger partial charge in [-0.3, -0.25) is 4.79 Å². The molecule has 7 heteroatoms. The van der Waals surface area contributed by atoms with E-state index in [0.717, 1.165) is 0 Å². The van der Waals surface area contributed by atoms with Crippen LogP contribution < -0.4 is 0 Å². The topological polar surface area (TPSA) is 39.2 Å². The number of alkyl halides is 2. The lowest BCUT2D eigenvalue weighted by molar-refractivity contribution is -0.142. The number of aromatic nitrogens is 1. The molecule has 0 aromatic carbocycles. The summed E-state index contributed by atoms with van der Waals surface area (Å²) in [6, 6.07) is 1.35. The maximum atomic E-state index is 12.7. The molecule has 0 saturated carbocycles. The normalized spacial score (nSPS) is 10.7. The molecule has 0 N–H and O–H groups in total. The van der Waals surface area contributed by atoms with Crippen LogP contribution in [0.3, 0.4) is 0 Å². The van der Waals surface area contributed by atoms with E-state index in [1.54, 1.807) is 6.92 Å². The number of ether oxygens (including phenoxy) is 1. The highest BCUT2D eigenvalue weighted by Gasteiger charge is 2.19. The summed E-state index contributed by atoms with van der Waals surface area (Å²) in [5.41, 5.74) is -0.388. The summed E-state index contributed by atoms with van der Waals surface area (Å²) in [5, 5.41) is -0.0621. The highest BCUT2D eigenvalue weighted by Crippen LogP contribution is 2.29. The summed E-state index contributed by atoms with van der Waals surface area (Å²) in [6.07, 6.45) is -3.04. The summed E-state index contributed by atoms with van der Waals surface area (Å²) in [6.45, 7) is 1.84. The molecule has 0 saturated heterocycles. The zero-order valence-corrected chi connectivity index (χ0v) is 11.2. The van der Waals surface area contributed by atoms with E-state index in [2.05, 4.69) is 20.9 Å². The van der Waals surface area contributed by atoms with Gasteiger partial charge in [-0.15, -0.1) is 0 Å². The van der Waals surface area contributed by atoms with Crippen molar-refractivity contribution < 1.29 is 18.3 Å². The van der Waals surface area contributed by atoms with Crippen molar-refractivity contribution in [1.82, 2.24) is 4.98 Å². The lowest BCUT2D eigenvalue weighted by Crippen LogP contribution is -2.10. The SMILES string of the molecule is CCOC(=O)Cc1cc(Br)c(Cl)nc1C(F)F. The van der Waals surface area contributed by atoms with E-state index in [1.165, 1.54) is 6.07 Å². The van der Waals surface area contributed by atoms with E-state index in [0.29, 0.717) is 4.47 Å². The van der Waals surface area contributed by atoms with Crippen molar-refractivity contribution in [2.45, 2.75) is 19.8 Å². The van der Waals surface area contributed by atoms with Crippen molar-refractivity contribution in [2.75, 3.05) is 6.61 Å². The summed E-state index contributed by atoms with van der Waals surface area (Å²) >= 11 is 8.69. The molecule has 17 heavy (non-hydrogen) atoms. The molecule has 0 spiro atoms. The maximum Gasteiger partial charge on any atom is 0.310 e. The number of esters is 1. The Kier molecular flexibility index (Phi) is 5.27. The molecule has 0 aliphatic heterocycles. The van der Waals surface area contributed by atoms with Crippen LogP contribution in [0, 0.1) is 0 Å². The molecule has 0 aliphatic carbocycles. The summed E-state index contributed by atoms with van der Waals surface area (Å²) < 4.78 is 30.4. The molecule has 0 radical (unpaired) electrons. The van der Waals surface area contributed by atoms with Gasteiger partial charge in [-0.2, -0.15) is 0 Å². The van der Waals surface area contributed by atoms with E-state index >= 15 is 0 Å². The maximum absolute atomic E-state index is 12.7. The van der Waals surface area contributed by atoms with E-state index in [1.807, 2.05) is 0 Å². The molecular formula is C10H9BrClF2NO2. The number of pyridine rings is 1. The smallest absolute Gasteiger partial charge is 0.310 e. The Morgan fingerprint density at radius 3 is 2.82 bits per heavy atom. The van der Waals surface area contributed by atoms with Crippen molar-refractivity contribution in [3.05, 3.63) is 26.9 Å². The van der Waals surface area contributed by atoms with Crippen LogP contribution in [0.15, 0.2) is 10.5 Å². The van der Waals surface area contributed by atoms with Crippen LogP contribution in [-0.2, 0) is 16.0 Å². The van der Waals surface area contributed by atoms with E-state index in [9.17, 15) is 13.6 Å². The Balaban J connectivity index is 3.04. The van der Waals surface area contributed by atoms with E-state index < -0.39 is 18.1 Å². The number of hydrogen-bond acceptors (Lipinski definition) is 3. The first-order chi connectivity index (χ1) is 7.95. The second-order valence-electron chi connectivity index (χ2n) is 3.09. The lowest BCUT2D eigenvalue weighted by Gasteiger charge is -2.09. The van der Waals surface area contributed by atoms with Gasteiger partial charge in [0.2, 0.25) is 0 Å². The van der Waals surface area contributed by atoms with Gasteiger partial charge in [-0.1, -0.05) is 11.6 Å². The fraction of sp³-hybridized carbons (Fsp3) is 0.400. The second kappa shape index (κ2) is 6.26. The van der Waals surface area contributed by atoms with Crippen molar-refractivity contribution in [1.29, 1.82) is 0 Å². The average Bonchev–Trinajstić information content (AvgIpc) is 2.23.